The SMILES string of the molecule is CSCC[C@H](NC(=O)[C@H](Cc1ccc(OS(=O)(=O)O)cc1)NC(C)=O)C(=O)NCC(=O)N[C@@H](Cc1c[nH]c2ccccc12)C(=O)N[C@@H](CCSC)C(=O)N[C@H](C(=O)N(C)[C@@H](Cc1ccccc1)C(N)=O)[C@@H](C)OS(=O)(=O)O. The van der Waals surface area contributed by atoms with Crippen LogP contribution in [0, 0.1) is 0 Å². The summed E-state index contributed by atoms with van der Waals surface area (Å²) in [4.78, 5) is 113. The number of aromatic amines is 1. The summed E-state index contributed by atoms with van der Waals surface area (Å²) >= 11 is 2.65. The number of nitrogens with zero attached hydrogens (tertiary/aromatic N) is 1. The van der Waals surface area contributed by atoms with Crippen LogP contribution in [0.4, 0.5) is 0 Å². The molecule has 8 amide bonds. The Labute approximate surface area is 453 Å². The lowest BCUT2D eigenvalue weighted by atomic mass is 10.0. The first-order chi connectivity index (χ1) is 36.3. The van der Waals surface area contributed by atoms with Crippen LogP contribution in [0.1, 0.15) is 43.4 Å². The van der Waals surface area contributed by atoms with Gasteiger partial charge in [-0.25, -0.2) is 4.18 Å². The van der Waals surface area contributed by atoms with Gasteiger partial charge in [-0.05, 0) is 78.7 Å². The highest BCUT2D eigenvalue weighted by atomic mass is 32.3. The summed E-state index contributed by atoms with van der Waals surface area (Å²) in [6.45, 7) is 1.53. The van der Waals surface area contributed by atoms with Crippen molar-refractivity contribution in [3.05, 3.63) is 102 Å². The fourth-order valence-electron chi connectivity index (χ4n) is 7.83. The van der Waals surface area contributed by atoms with Gasteiger partial charge in [-0.2, -0.15) is 40.4 Å². The molecule has 3 aromatic carbocycles. The Hall–Kier alpha value is -6.76. The van der Waals surface area contributed by atoms with E-state index in [-0.39, 0.29) is 43.6 Å². The molecule has 0 saturated carbocycles. The molecule has 0 spiro atoms. The molecule has 0 aliphatic rings. The molecule has 1 heterocycles. The molecule has 29 heteroatoms. The van der Waals surface area contributed by atoms with E-state index in [0.717, 1.165) is 11.8 Å². The summed E-state index contributed by atoms with van der Waals surface area (Å²) in [5.41, 5.74) is 8.02. The van der Waals surface area contributed by atoms with Crippen LogP contribution in [0.25, 0.3) is 10.9 Å². The molecule has 1 aromatic heterocycles. The quantitative estimate of drug-likeness (QED) is 0.0296. The van der Waals surface area contributed by atoms with Crippen molar-refractivity contribution in [2.24, 2.45) is 5.73 Å². The fraction of sp³-hybridized carbons (Fsp3) is 0.417. The number of amides is 8. The number of nitrogens with one attached hydrogen (secondary N) is 7. The minimum atomic E-state index is -5.22. The largest absolute Gasteiger partial charge is 0.446 e. The van der Waals surface area contributed by atoms with Crippen LogP contribution in [0.2, 0.25) is 0 Å². The van der Waals surface area contributed by atoms with Crippen LogP contribution in [-0.4, -0.2) is 163 Å². The molecule has 25 nitrogen and oxygen atoms in total. The number of likely N-dealkylation sites (N-methyl/N-ethyl adjacent to an activating group) is 1. The Kier molecular flexibility index (Phi) is 24.2. The molecule has 0 fully saturated rings. The van der Waals surface area contributed by atoms with Gasteiger partial charge in [-0.3, -0.25) is 47.5 Å². The lowest BCUT2D eigenvalue weighted by Crippen LogP contribution is -2.61. The standard InChI is InChI=1S/C48H63N9O16S4/c1-28(72-76(66,67)68)42(48(65)57(3)40(43(49)60)24-30-11-7-6-8-12-30)56-45(62)37(20-22-75-5)55-47(64)39(25-32-26-50-35-14-10-9-13-34(32)35)53-41(59)27-51-44(61)36(19-21-74-4)54-46(63)38(52-29(2)58)23-31-15-17-33(18-16-31)73-77(69,70)71/h6-18,26,28,36-40,42,50H,19-25,27H2,1-5H3,(H2,49,60)(H,51,61)(H,52,58)(H,53,59)(H,54,63)(H,55,64)(H,56,62)(H,66,67,68)(H,69,70,71)/t28-,36+,37+,38+,39+,40+,42+/m1/s1. The van der Waals surface area contributed by atoms with Gasteiger partial charge in [0.15, 0.2) is 0 Å². The van der Waals surface area contributed by atoms with Crippen LogP contribution in [-0.2, 0) is 82.6 Å². The third kappa shape index (κ3) is 21.0. The van der Waals surface area contributed by atoms with Crippen molar-refractivity contribution in [3.8, 4) is 5.75 Å². The zero-order valence-corrected chi connectivity index (χ0v) is 45.8. The predicted molar refractivity (Wildman–Crippen MR) is 287 cm³/mol. The van der Waals surface area contributed by atoms with E-state index in [4.69, 9.17) is 14.5 Å². The van der Waals surface area contributed by atoms with Crippen LogP contribution in [0.3, 0.4) is 0 Å². The van der Waals surface area contributed by atoms with Gasteiger partial charge in [0.25, 0.3) is 0 Å². The van der Waals surface area contributed by atoms with Crippen LogP contribution < -0.4 is 41.8 Å². The number of hydrogen-bond donors (Lipinski definition) is 10. The van der Waals surface area contributed by atoms with Gasteiger partial charge in [-0.15, -0.1) is 0 Å². The van der Waals surface area contributed by atoms with Crippen LogP contribution in [0.15, 0.2) is 85.1 Å². The first kappa shape index (κ1) is 62.8. The van der Waals surface area contributed by atoms with Crippen molar-refractivity contribution in [2.75, 3.05) is 37.6 Å². The van der Waals surface area contributed by atoms with E-state index >= 15 is 0 Å². The van der Waals surface area contributed by atoms with Gasteiger partial charge < -0.3 is 51.7 Å². The molecule has 0 saturated heterocycles. The molecule has 11 N–H and O–H groups in total. The molecular weight excluding hydrogens is 1090 g/mol. The van der Waals surface area contributed by atoms with E-state index in [1.54, 1.807) is 73.3 Å². The Morgan fingerprint density at radius 3 is 1.78 bits per heavy atom. The van der Waals surface area contributed by atoms with Crippen molar-refractivity contribution >= 4 is 102 Å². The first-order valence-corrected chi connectivity index (χ1v) is 29.1. The average molecular weight is 1150 g/mol. The number of benzene rings is 3. The van der Waals surface area contributed by atoms with Crippen molar-refractivity contribution < 1.29 is 72.7 Å². The van der Waals surface area contributed by atoms with E-state index in [2.05, 4.69) is 41.1 Å². The molecule has 7 atom stereocenters. The summed E-state index contributed by atoms with van der Waals surface area (Å²) in [5.74, 6) is -6.53. The Balaban J connectivity index is 1.56. The van der Waals surface area contributed by atoms with Crippen molar-refractivity contribution in [1.29, 1.82) is 0 Å². The number of para-hydroxylation sites is 1. The second-order valence-corrected chi connectivity index (χ2v) is 21.5. The van der Waals surface area contributed by atoms with Crippen molar-refractivity contribution in [2.45, 2.75) is 88.3 Å². The maximum absolute atomic E-state index is 14.4. The molecule has 0 aliphatic carbocycles. The average Bonchev–Trinajstić information content (AvgIpc) is 3.77. The minimum absolute atomic E-state index is 0.0661. The van der Waals surface area contributed by atoms with Gasteiger partial charge in [0, 0.05) is 50.3 Å². The number of H-pyrrole nitrogens is 1. The highest BCUT2D eigenvalue weighted by molar-refractivity contribution is 7.98. The van der Waals surface area contributed by atoms with E-state index in [1.807, 2.05) is 0 Å². The molecule has 0 unspecified atom stereocenters. The van der Waals surface area contributed by atoms with E-state index in [9.17, 15) is 59.7 Å². The van der Waals surface area contributed by atoms with E-state index < -0.39 is 117 Å². The number of nitrogens with two attached hydrogens (primary N) is 1. The number of hydrogen-bond acceptors (Lipinski definition) is 16. The normalized spacial score (nSPS) is 14.3. The highest BCUT2D eigenvalue weighted by Gasteiger charge is 2.39. The van der Waals surface area contributed by atoms with Gasteiger partial charge >= 0.3 is 20.8 Å². The van der Waals surface area contributed by atoms with Crippen LogP contribution in [0.5, 0.6) is 5.75 Å². The summed E-state index contributed by atoms with van der Waals surface area (Å²) in [6, 6.07) is 12.2. The van der Waals surface area contributed by atoms with Gasteiger partial charge in [0.1, 0.15) is 48.1 Å². The third-order valence-electron chi connectivity index (χ3n) is 11.6. The summed E-state index contributed by atoms with van der Waals surface area (Å²) < 4.78 is 73.8. The lowest BCUT2D eigenvalue weighted by molar-refractivity contribution is -0.143. The third-order valence-corrected chi connectivity index (χ3v) is 13.9. The number of primary amides is 1. The Morgan fingerprint density at radius 1 is 0.675 bits per heavy atom. The zero-order valence-electron chi connectivity index (χ0n) is 42.5. The molecule has 0 radical (unpaired) electrons. The summed E-state index contributed by atoms with van der Waals surface area (Å²) in [7, 11) is -8.82. The second kappa shape index (κ2) is 29.7. The Bertz CT molecular complexity index is 2930. The predicted octanol–water partition coefficient (Wildman–Crippen LogP) is -0.0361. The number of thioether (sulfide) groups is 2. The fourth-order valence-corrected chi connectivity index (χ4v) is 9.62. The van der Waals surface area contributed by atoms with Crippen molar-refractivity contribution in [1.82, 2.24) is 41.8 Å². The first-order valence-electron chi connectivity index (χ1n) is 23.6. The topological polar surface area (TPSA) is 381 Å². The van der Waals surface area contributed by atoms with E-state index in [0.29, 0.717) is 33.3 Å². The number of aromatic nitrogens is 1. The molecule has 77 heavy (non-hydrogen) atoms. The van der Waals surface area contributed by atoms with Crippen LogP contribution >= 0.6 is 23.5 Å². The number of carbonyl (C=O) groups is 8. The second-order valence-electron chi connectivity index (χ2n) is 17.5. The lowest BCUT2D eigenvalue weighted by Gasteiger charge is -2.33. The number of carbonyl (C=O) groups excluding carboxylic acids is 8. The number of fused-ring (bicyclic) bond motifs is 1. The molecule has 4 rings (SSSR count). The van der Waals surface area contributed by atoms with E-state index in [1.165, 1.54) is 61.8 Å². The van der Waals surface area contributed by atoms with Crippen molar-refractivity contribution in [3.63, 3.8) is 0 Å². The maximum atomic E-state index is 14.4. The van der Waals surface area contributed by atoms with Gasteiger partial charge in [-0.1, -0.05) is 60.7 Å². The van der Waals surface area contributed by atoms with Gasteiger partial charge in [0.2, 0.25) is 47.3 Å². The number of rotatable bonds is 31. The summed E-state index contributed by atoms with van der Waals surface area (Å²) in [5, 5.41) is 16.0. The molecular formula is C48H63N9O16S4. The molecule has 420 valence electrons. The maximum Gasteiger partial charge on any atom is 0.446 e. The Morgan fingerprint density at radius 2 is 1.22 bits per heavy atom. The monoisotopic (exact) mass is 1150 g/mol. The molecule has 0 bridgehead atoms. The highest BCUT2D eigenvalue weighted by Crippen LogP contribution is 2.21. The molecule has 4 aromatic rings. The summed E-state index contributed by atoms with van der Waals surface area (Å²) in [6.07, 6.45) is 2.96. The minimum Gasteiger partial charge on any atom is -0.368 e. The van der Waals surface area contributed by atoms with Gasteiger partial charge in [0.05, 0.1) is 6.54 Å². The zero-order chi connectivity index (χ0) is 57.0. The smallest absolute Gasteiger partial charge is 0.368 e. The molecule has 0 aliphatic heterocycles.